The molecule has 2 N–H and O–H groups in total. The molecule has 0 aliphatic carbocycles. The van der Waals surface area contributed by atoms with E-state index in [1.165, 1.54) is 45.1 Å². The van der Waals surface area contributed by atoms with E-state index in [0.29, 0.717) is 12.1 Å². The van der Waals surface area contributed by atoms with Crippen LogP contribution in [0.1, 0.15) is 59.3 Å². The molecule has 0 aromatic heterocycles. The third kappa shape index (κ3) is 5.53. The minimum absolute atomic E-state index is 0.655. The van der Waals surface area contributed by atoms with Crippen LogP contribution in [0, 0.1) is 0 Å². The molecule has 2 heteroatoms. The van der Waals surface area contributed by atoms with Crippen molar-refractivity contribution in [2.24, 2.45) is 0 Å². The van der Waals surface area contributed by atoms with Crippen LogP contribution >= 0.6 is 0 Å². The summed E-state index contributed by atoms with van der Waals surface area (Å²) >= 11 is 0. The van der Waals surface area contributed by atoms with Crippen LogP contribution in [0.2, 0.25) is 0 Å². The minimum atomic E-state index is 0.655. The Kier molecular flexibility index (Phi) is 6.26. The molecule has 1 saturated heterocycles. The van der Waals surface area contributed by atoms with E-state index in [-0.39, 0.29) is 0 Å². The fourth-order valence-electron chi connectivity index (χ4n) is 2.62. The van der Waals surface area contributed by atoms with Crippen molar-refractivity contribution in [2.75, 3.05) is 6.54 Å². The molecule has 0 radical (unpaired) electrons. The topological polar surface area (TPSA) is 24.1 Å². The largest absolute Gasteiger partial charge is 0.314 e. The lowest BCUT2D eigenvalue weighted by Crippen LogP contribution is -2.42. The molecule has 1 fully saturated rings. The minimum Gasteiger partial charge on any atom is -0.314 e. The molecule has 90 valence electrons. The van der Waals surface area contributed by atoms with E-state index in [4.69, 9.17) is 0 Å². The van der Waals surface area contributed by atoms with Gasteiger partial charge in [-0.3, -0.25) is 0 Å². The zero-order valence-corrected chi connectivity index (χ0v) is 10.7. The van der Waals surface area contributed by atoms with E-state index < -0.39 is 0 Å². The monoisotopic (exact) mass is 212 g/mol. The Bertz CT molecular complexity index is 153. The first-order valence-electron chi connectivity index (χ1n) is 6.71. The number of piperidine rings is 1. The van der Waals surface area contributed by atoms with Gasteiger partial charge in [-0.15, -0.1) is 0 Å². The van der Waals surface area contributed by atoms with E-state index in [0.717, 1.165) is 6.04 Å². The zero-order chi connectivity index (χ0) is 11.1. The van der Waals surface area contributed by atoms with Gasteiger partial charge >= 0.3 is 0 Å². The number of hydrogen-bond donors (Lipinski definition) is 2. The highest BCUT2D eigenvalue weighted by atomic mass is 15.0. The zero-order valence-electron chi connectivity index (χ0n) is 10.7. The Hall–Kier alpha value is -0.0800. The van der Waals surface area contributed by atoms with E-state index in [9.17, 15) is 0 Å². The maximum absolute atomic E-state index is 3.69. The Morgan fingerprint density at radius 2 is 2.07 bits per heavy atom. The fraction of sp³-hybridized carbons (Fsp3) is 1.00. The molecular formula is C13H28N2. The van der Waals surface area contributed by atoms with Crippen molar-refractivity contribution in [3.63, 3.8) is 0 Å². The van der Waals surface area contributed by atoms with Gasteiger partial charge in [-0.25, -0.2) is 0 Å². The third-order valence-corrected chi connectivity index (χ3v) is 3.34. The Labute approximate surface area is 95.2 Å². The van der Waals surface area contributed by atoms with E-state index in [2.05, 4.69) is 31.4 Å². The van der Waals surface area contributed by atoms with Crippen LogP contribution in [0.5, 0.6) is 0 Å². The predicted octanol–water partition coefficient (Wildman–Crippen LogP) is 2.69. The molecule has 0 aromatic rings. The van der Waals surface area contributed by atoms with Gasteiger partial charge < -0.3 is 10.6 Å². The highest BCUT2D eigenvalue weighted by molar-refractivity contribution is 4.78. The Balaban J connectivity index is 2.13. The summed E-state index contributed by atoms with van der Waals surface area (Å²) in [5.41, 5.74) is 0. The highest BCUT2D eigenvalue weighted by Crippen LogP contribution is 2.12. The van der Waals surface area contributed by atoms with Gasteiger partial charge in [-0.05, 0) is 46.1 Å². The van der Waals surface area contributed by atoms with Crippen molar-refractivity contribution in [2.45, 2.75) is 77.4 Å². The standard InChI is InChI=1S/C13H28N2/c1-4-7-11(2)15-12(3)10-13-8-5-6-9-14-13/h11-15H,4-10H2,1-3H3. The molecule has 1 heterocycles. The normalized spacial score (nSPS) is 26.2. The van der Waals surface area contributed by atoms with Crippen molar-refractivity contribution >= 4 is 0 Å². The van der Waals surface area contributed by atoms with E-state index >= 15 is 0 Å². The molecule has 2 nitrogen and oxygen atoms in total. The molecule has 0 bridgehead atoms. The Morgan fingerprint density at radius 3 is 2.67 bits per heavy atom. The van der Waals surface area contributed by atoms with Crippen LogP contribution in [-0.4, -0.2) is 24.7 Å². The van der Waals surface area contributed by atoms with Crippen LogP contribution in [-0.2, 0) is 0 Å². The van der Waals surface area contributed by atoms with Gasteiger partial charge in [0.1, 0.15) is 0 Å². The molecule has 0 aromatic carbocycles. The van der Waals surface area contributed by atoms with E-state index in [1.54, 1.807) is 0 Å². The molecule has 1 rings (SSSR count). The molecule has 3 atom stereocenters. The second-order valence-corrected chi connectivity index (χ2v) is 5.14. The summed E-state index contributed by atoms with van der Waals surface area (Å²) in [5, 5.41) is 7.30. The second-order valence-electron chi connectivity index (χ2n) is 5.14. The molecule has 0 saturated carbocycles. The lowest BCUT2D eigenvalue weighted by molar-refractivity contribution is 0.328. The number of hydrogen-bond acceptors (Lipinski definition) is 2. The van der Waals surface area contributed by atoms with Gasteiger partial charge in [0, 0.05) is 18.1 Å². The first-order valence-corrected chi connectivity index (χ1v) is 6.71. The maximum Gasteiger partial charge on any atom is 0.00817 e. The molecule has 0 spiro atoms. The molecule has 3 unspecified atom stereocenters. The third-order valence-electron chi connectivity index (χ3n) is 3.34. The average Bonchev–Trinajstić information content (AvgIpc) is 2.19. The van der Waals surface area contributed by atoms with Crippen LogP contribution in [0.15, 0.2) is 0 Å². The number of rotatable bonds is 6. The first kappa shape index (κ1) is 13.0. The van der Waals surface area contributed by atoms with Gasteiger partial charge in [-0.1, -0.05) is 19.8 Å². The summed E-state index contributed by atoms with van der Waals surface area (Å²) < 4.78 is 0. The molecule has 1 aliphatic rings. The van der Waals surface area contributed by atoms with Gasteiger partial charge in [0.05, 0.1) is 0 Å². The summed E-state index contributed by atoms with van der Waals surface area (Å²) in [4.78, 5) is 0. The van der Waals surface area contributed by atoms with Crippen molar-refractivity contribution in [3.05, 3.63) is 0 Å². The van der Waals surface area contributed by atoms with Gasteiger partial charge in [-0.2, -0.15) is 0 Å². The van der Waals surface area contributed by atoms with Crippen molar-refractivity contribution in [3.8, 4) is 0 Å². The molecular weight excluding hydrogens is 184 g/mol. The second kappa shape index (κ2) is 7.24. The van der Waals surface area contributed by atoms with Gasteiger partial charge in [0.25, 0.3) is 0 Å². The van der Waals surface area contributed by atoms with Crippen molar-refractivity contribution in [1.82, 2.24) is 10.6 Å². The summed E-state index contributed by atoms with van der Waals surface area (Å²) in [6.45, 7) is 8.10. The van der Waals surface area contributed by atoms with Crippen LogP contribution in [0.4, 0.5) is 0 Å². The maximum atomic E-state index is 3.69. The van der Waals surface area contributed by atoms with Gasteiger partial charge in [0.2, 0.25) is 0 Å². The Morgan fingerprint density at radius 1 is 1.27 bits per heavy atom. The lowest BCUT2D eigenvalue weighted by Gasteiger charge is -2.28. The van der Waals surface area contributed by atoms with Crippen LogP contribution < -0.4 is 10.6 Å². The van der Waals surface area contributed by atoms with Crippen molar-refractivity contribution < 1.29 is 0 Å². The number of nitrogens with one attached hydrogen (secondary N) is 2. The van der Waals surface area contributed by atoms with Crippen molar-refractivity contribution in [1.29, 1.82) is 0 Å². The van der Waals surface area contributed by atoms with Gasteiger partial charge in [0.15, 0.2) is 0 Å². The quantitative estimate of drug-likeness (QED) is 0.707. The lowest BCUT2D eigenvalue weighted by atomic mass is 9.98. The predicted molar refractivity (Wildman–Crippen MR) is 67.2 cm³/mol. The summed E-state index contributed by atoms with van der Waals surface area (Å²) in [6, 6.07) is 2.09. The molecule has 0 amide bonds. The smallest absolute Gasteiger partial charge is 0.00817 e. The average molecular weight is 212 g/mol. The fourth-order valence-corrected chi connectivity index (χ4v) is 2.62. The highest BCUT2D eigenvalue weighted by Gasteiger charge is 2.16. The van der Waals surface area contributed by atoms with Crippen LogP contribution in [0.3, 0.4) is 0 Å². The first-order chi connectivity index (χ1) is 7.22. The van der Waals surface area contributed by atoms with Crippen LogP contribution in [0.25, 0.3) is 0 Å². The summed E-state index contributed by atoms with van der Waals surface area (Å²) in [7, 11) is 0. The van der Waals surface area contributed by atoms with E-state index in [1.807, 2.05) is 0 Å². The summed E-state index contributed by atoms with van der Waals surface area (Å²) in [5.74, 6) is 0. The SMILES string of the molecule is CCCC(C)NC(C)CC1CCCCN1. The molecule has 15 heavy (non-hydrogen) atoms. The summed E-state index contributed by atoms with van der Waals surface area (Å²) in [6.07, 6.45) is 8.01. The molecule has 1 aliphatic heterocycles.